The van der Waals surface area contributed by atoms with Crippen molar-refractivity contribution in [2.75, 3.05) is 38.2 Å². The number of hydrogen-bond donors (Lipinski definition) is 1. The molecule has 0 aromatic heterocycles. The van der Waals surface area contributed by atoms with Crippen LogP contribution in [-0.2, 0) is 22.6 Å². The topological polar surface area (TPSA) is 99.6 Å². The summed E-state index contributed by atoms with van der Waals surface area (Å²) in [5, 5.41) is 9.58. The van der Waals surface area contributed by atoms with Gasteiger partial charge in [0.2, 0.25) is 0 Å². The van der Waals surface area contributed by atoms with E-state index in [4.69, 9.17) is 9.47 Å². The van der Waals surface area contributed by atoms with E-state index in [1.54, 1.807) is 57.2 Å². The Bertz CT molecular complexity index is 1040. The first kappa shape index (κ1) is 26.0. The third-order valence-electron chi connectivity index (χ3n) is 5.55. The Kier molecular flexibility index (Phi) is 8.34. The Morgan fingerprint density at radius 3 is 2.14 bits per heavy atom. The van der Waals surface area contributed by atoms with Gasteiger partial charge in [0.15, 0.2) is 0 Å². The van der Waals surface area contributed by atoms with Gasteiger partial charge in [0.25, 0.3) is 0 Å². The highest BCUT2D eigenvalue weighted by Crippen LogP contribution is 2.22. The van der Waals surface area contributed by atoms with Crippen molar-refractivity contribution in [3.05, 3.63) is 65.2 Å². The number of urea groups is 1. The first-order valence-electron chi connectivity index (χ1n) is 11.5. The maximum Gasteiger partial charge on any atom is 0.410 e. The molecule has 0 atom stereocenters. The summed E-state index contributed by atoms with van der Waals surface area (Å²) in [6, 6.07) is 13.8. The van der Waals surface area contributed by atoms with Gasteiger partial charge >= 0.3 is 18.1 Å². The predicted octanol–water partition coefficient (Wildman–Crippen LogP) is 3.64. The summed E-state index contributed by atoms with van der Waals surface area (Å²) in [4.78, 5) is 42.7. The van der Waals surface area contributed by atoms with E-state index in [0.717, 1.165) is 5.56 Å². The van der Waals surface area contributed by atoms with E-state index in [2.05, 4.69) is 0 Å². The number of ether oxygens (including phenoxy) is 2. The molecule has 0 radical (unpaired) electrons. The lowest BCUT2D eigenvalue weighted by Gasteiger charge is -2.38. The number of piperazine rings is 1. The molecule has 2 aromatic rings. The van der Waals surface area contributed by atoms with Crippen molar-refractivity contribution in [1.29, 1.82) is 0 Å². The highest BCUT2D eigenvalue weighted by Gasteiger charge is 2.30. The normalized spacial score (nSPS) is 13.9. The lowest BCUT2D eigenvalue weighted by atomic mass is 10.1. The molecule has 1 aliphatic heterocycles. The number of rotatable bonds is 5. The van der Waals surface area contributed by atoms with Gasteiger partial charge in [0, 0.05) is 31.9 Å². The number of anilines is 1. The third kappa shape index (κ3) is 6.95. The monoisotopic (exact) mass is 483 g/mol. The molecule has 2 aromatic carbocycles. The van der Waals surface area contributed by atoms with E-state index >= 15 is 0 Å². The Morgan fingerprint density at radius 2 is 1.57 bits per heavy atom. The molecule has 1 saturated heterocycles. The number of methoxy groups -OCH3 is 1. The van der Waals surface area contributed by atoms with Gasteiger partial charge in [-0.25, -0.2) is 14.4 Å². The first-order chi connectivity index (χ1) is 16.6. The van der Waals surface area contributed by atoms with E-state index in [-0.39, 0.29) is 25.3 Å². The van der Waals surface area contributed by atoms with Crippen LogP contribution in [0.2, 0.25) is 0 Å². The molecule has 0 spiro atoms. The van der Waals surface area contributed by atoms with E-state index < -0.39 is 11.6 Å². The van der Waals surface area contributed by atoms with Crippen LogP contribution in [0.25, 0.3) is 0 Å². The lowest BCUT2D eigenvalue weighted by molar-refractivity contribution is 0.0172. The first-order valence-corrected chi connectivity index (χ1v) is 11.5. The second-order valence-electron chi connectivity index (χ2n) is 9.34. The summed E-state index contributed by atoms with van der Waals surface area (Å²) >= 11 is 0. The molecule has 3 amide bonds. The number of benzene rings is 2. The Morgan fingerprint density at radius 1 is 0.943 bits per heavy atom. The minimum absolute atomic E-state index is 0.141. The van der Waals surface area contributed by atoms with Gasteiger partial charge in [0.1, 0.15) is 5.60 Å². The predicted molar refractivity (Wildman–Crippen MR) is 131 cm³/mol. The largest absolute Gasteiger partial charge is 0.465 e. The van der Waals surface area contributed by atoms with Gasteiger partial charge in [-0.3, -0.25) is 4.90 Å². The quantitative estimate of drug-likeness (QED) is 0.652. The number of hydrogen-bond acceptors (Lipinski definition) is 6. The van der Waals surface area contributed by atoms with Crippen molar-refractivity contribution < 1.29 is 29.0 Å². The van der Waals surface area contributed by atoms with Crippen LogP contribution in [0.4, 0.5) is 15.3 Å². The number of carbonyl (C=O) groups is 3. The smallest absolute Gasteiger partial charge is 0.410 e. The van der Waals surface area contributed by atoms with Gasteiger partial charge in [-0.2, -0.15) is 0 Å². The lowest BCUT2D eigenvalue weighted by Crippen LogP contribution is -2.54. The van der Waals surface area contributed by atoms with E-state index in [1.165, 1.54) is 7.11 Å². The second kappa shape index (κ2) is 11.2. The summed E-state index contributed by atoms with van der Waals surface area (Å²) in [7, 11) is 1.33. The number of carbonyl (C=O) groups excluding carboxylic acids is 3. The molecular weight excluding hydrogens is 450 g/mol. The van der Waals surface area contributed by atoms with Crippen LogP contribution in [0.15, 0.2) is 48.5 Å². The van der Waals surface area contributed by atoms with Crippen LogP contribution >= 0.6 is 0 Å². The average Bonchev–Trinajstić information content (AvgIpc) is 2.86. The molecule has 0 bridgehead atoms. The Hall–Kier alpha value is -3.59. The molecule has 0 unspecified atom stereocenters. The average molecular weight is 484 g/mol. The molecule has 0 saturated carbocycles. The van der Waals surface area contributed by atoms with Crippen molar-refractivity contribution >= 4 is 23.8 Å². The molecule has 3 rings (SSSR count). The summed E-state index contributed by atoms with van der Waals surface area (Å²) in [6.07, 6.45) is -0.386. The molecule has 0 aliphatic carbocycles. The van der Waals surface area contributed by atoms with Crippen molar-refractivity contribution in [3.8, 4) is 0 Å². The fourth-order valence-electron chi connectivity index (χ4n) is 3.72. The summed E-state index contributed by atoms with van der Waals surface area (Å²) in [6.45, 7) is 7.07. The molecular formula is C26H33N3O6. The number of aliphatic hydroxyl groups is 1. The van der Waals surface area contributed by atoms with Crippen LogP contribution in [-0.4, -0.2) is 71.9 Å². The highest BCUT2D eigenvalue weighted by molar-refractivity contribution is 5.92. The SMILES string of the molecule is COC(=O)c1ccc(CN(C(=O)N2CCN(C(=O)OC(C)(C)C)CC2)c2cccc(CO)c2)cc1. The van der Waals surface area contributed by atoms with Gasteiger partial charge in [0.05, 0.1) is 25.8 Å². The molecule has 35 heavy (non-hydrogen) atoms. The van der Waals surface area contributed by atoms with Crippen LogP contribution in [0.5, 0.6) is 0 Å². The standard InChI is InChI=1S/C26H33N3O6/c1-26(2,3)35-25(33)28-14-12-27(13-15-28)24(32)29(22-7-5-6-20(16-22)18-30)17-19-8-10-21(11-9-19)23(31)34-4/h5-11,16,30H,12-15,17-18H2,1-4H3. The molecule has 1 heterocycles. The Balaban J connectivity index is 1.77. The van der Waals surface area contributed by atoms with Crippen molar-refractivity contribution in [3.63, 3.8) is 0 Å². The maximum atomic E-state index is 13.6. The van der Waals surface area contributed by atoms with Crippen molar-refractivity contribution in [2.24, 2.45) is 0 Å². The van der Waals surface area contributed by atoms with Crippen molar-refractivity contribution in [2.45, 2.75) is 39.5 Å². The molecule has 9 nitrogen and oxygen atoms in total. The molecule has 9 heteroatoms. The number of esters is 1. The van der Waals surface area contributed by atoms with Crippen LogP contribution in [0, 0.1) is 0 Å². The van der Waals surface area contributed by atoms with Crippen molar-refractivity contribution in [1.82, 2.24) is 9.80 Å². The maximum absolute atomic E-state index is 13.6. The minimum Gasteiger partial charge on any atom is -0.465 e. The molecule has 1 N–H and O–H groups in total. The third-order valence-corrected chi connectivity index (χ3v) is 5.55. The molecule has 1 aliphatic rings. The van der Waals surface area contributed by atoms with Gasteiger partial charge in [-0.05, 0) is 56.2 Å². The second-order valence-corrected chi connectivity index (χ2v) is 9.34. The zero-order chi connectivity index (χ0) is 25.6. The van der Waals surface area contributed by atoms with Crippen LogP contribution in [0.3, 0.4) is 0 Å². The van der Waals surface area contributed by atoms with Gasteiger partial charge < -0.3 is 24.4 Å². The van der Waals surface area contributed by atoms with Crippen LogP contribution in [0.1, 0.15) is 42.3 Å². The number of amides is 3. The number of nitrogens with zero attached hydrogens (tertiary/aromatic N) is 3. The number of aliphatic hydroxyl groups excluding tert-OH is 1. The minimum atomic E-state index is -0.581. The molecule has 1 fully saturated rings. The summed E-state index contributed by atoms with van der Waals surface area (Å²) in [5.41, 5.74) is 2.01. The Labute approximate surface area is 205 Å². The zero-order valence-corrected chi connectivity index (χ0v) is 20.7. The van der Waals surface area contributed by atoms with Gasteiger partial charge in [-0.15, -0.1) is 0 Å². The highest BCUT2D eigenvalue weighted by atomic mass is 16.6. The molecule has 188 valence electrons. The fraction of sp³-hybridized carbons (Fsp3) is 0.423. The van der Waals surface area contributed by atoms with E-state index in [0.29, 0.717) is 43.0 Å². The zero-order valence-electron chi connectivity index (χ0n) is 20.7. The van der Waals surface area contributed by atoms with E-state index in [9.17, 15) is 19.5 Å². The fourth-order valence-corrected chi connectivity index (χ4v) is 3.72. The summed E-state index contributed by atoms with van der Waals surface area (Å²) in [5.74, 6) is -0.428. The summed E-state index contributed by atoms with van der Waals surface area (Å²) < 4.78 is 10.2. The van der Waals surface area contributed by atoms with E-state index in [1.807, 2.05) is 26.8 Å². The van der Waals surface area contributed by atoms with Gasteiger partial charge in [-0.1, -0.05) is 24.3 Å². The van der Waals surface area contributed by atoms with Crippen LogP contribution < -0.4 is 4.90 Å².